The fourth-order valence-electron chi connectivity index (χ4n) is 2.10. The van der Waals surface area contributed by atoms with E-state index in [0.717, 1.165) is 31.9 Å². The summed E-state index contributed by atoms with van der Waals surface area (Å²) in [6.07, 6.45) is 0. The van der Waals surface area contributed by atoms with Crippen molar-refractivity contribution in [3.63, 3.8) is 0 Å². The highest BCUT2D eigenvalue weighted by molar-refractivity contribution is 5.96. The smallest absolute Gasteiger partial charge is 0.340 e. The minimum Gasteiger partial charge on any atom is -0.465 e. The van der Waals surface area contributed by atoms with Crippen LogP contribution in [0.3, 0.4) is 0 Å². The molecule has 18 heavy (non-hydrogen) atoms. The third-order valence-electron chi connectivity index (χ3n) is 3.07. The number of carbonyl (C=O) groups excluding carboxylic acids is 1. The van der Waals surface area contributed by atoms with E-state index in [1.807, 2.05) is 12.1 Å². The summed E-state index contributed by atoms with van der Waals surface area (Å²) in [5.41, 5.74) is 7.71. The maximum atomic E-state index is 11.8. The number of carbonyl (C=O) groups is 1. The summed E-state index contributed by atoms with van der Waals surface area (Å²) in [5, 5.41) is 0. The first kappa shape index (κ1) is 12.9. The fraction of sp³-hybridized carbons (Fsp3) is 0.462. The summed E-state index contributed by atoms with van der Waals surface area (Å²) in [4.78, 5) is 14.0. The van der Waals surface area contributed by atoms with Crippen molar-refractivity contribution in [1.29, 1.82) is 0 Å². The second kappa shape index (κ2) is 5.84. The minimum atomic E-state index is -0.378. The zero-order chi connectivity index (χ0) is 13.0. The van der Waals surface area contributed by atoms with Crippen LogP contribution in [0.15, 0.2) is 18.2 Å². The van der Waals surface area contributed by atoms with Crippen LogP contribution >= 0.6 is 0 Å². The predicted octanol–water partition coefficient (Wildman–Crippen LogP) is 0.888. The van der Waals surface area contributed by atoms with Crippen molar-refractivity contribution in [2.45, 2.75) is 6.54 Å². The van der Waals surface area contributed by atoms with E-state index in [4.69, 9.17) is 15.2 Å². The number of hydrogen-bond donors (Lipinski definition) is 1. The second-order valence-corrected chi connectivity index (χ2v) is 4.26. The standard InChI is InChI=1S/C13H18N2O3/c1-17-13(16)12-10(3-2-4-11(12)14)9-15-5-7-18-8-6-15/h2-4H,5-9,14H2,1H3. The first-order valence-electron chi connectivity index (χ1n) is 5.98. The quantitative estimate of drug-likeness (QED) is 0.637. The Bertz CT molecular complexity index is 428. The Morgan fingerprint density at radius 1 is 1.44 bits per heavy atom. The molecule has 0 aliphatic carbocycles. The van der Waals surface area contributed by atoms with Crippen LogP contribution in [0.2, 0.25) is 0 Å². The molecule has 5 heteroatoms. The van der Waals surface area contributed by atoms with E-state index in [2.05, 4.69) is 4.90 Å². The van der Waals surface area contributed by atoms with Gasteiger partial charge in [0.05, 0.1) is 25.9 Å². The molecule has 0 aromatic heterocycles. The van der Waals surface area contributed by atoms with Gasteiger partial charge in [-0.1, -0.05) is 12.1 Å². The Morgan fingerprint density at radius 3 is 2.83 bits per heavy atom. The Kier molecular flexibility index (Phi) is 4.17. The molecular weight excluding hydrogens is 232 g/mol. The largest absolute Gasteiger partial charge is 0.465 e. The van der Waals surface area contributed by atoms with Gasteiger partial charge < -0.3 is 15.2 Å². The highest BCUT2D eigenvalue weighted by Gasteiger charge is 2.18. The van der Waals surface area contributed by atoms with Gasteiger partial charge in [0.2, 0.25) is 0 Å². The zero-order valence-electron chi connectivity index (χ0n) is 10.5. The van der Waals surface area contributed by atoms with Crippen LogP contribution in [0.5, 0.6) is 0 Å². The van der Waals surface area contributed by atoms with Gasteiger partial charge in [0.15, 0.2) is 0 Å². The van der Waals surface area contributed by atoms with Gasteiger partial charge in [-0.3, -0.25) is 4.90 Å². The molecule has 2 rings (SSSR count). The Hall–Kier alpha value is -1.59. The van der Waals surface area contributed by atoms with Crippen LogP contribution in [0.4, 0.5) is 5.69 Å². The van der Waals surface area contributed by atoms with Crippen LogP contribution in [-0.4, -0.2) is 44.3 Å². The average Bonchev–Trinajstić information content (AvgIpc) is 2.39. The van der Waals surface area contributed by atoms with E-state index in [1.165, 1.54) is 7.11 Å². The molecule has 1 aromatic carbocycles. The molecule has 98 valence electrons. The van der Waals surface area contributed by atoms with E-state index in [9.17, 15) is 4.79 Å². The van der Waals surface area contributed by atoms with Crippen LogP contribution < -0.4 is 5.73 Å². The van der Waals surface area contributed by atoms with Crippen LogP contribution in [0.25, 0.3) is 0 Å². The van der Waals surface area contributed by atoms with Gasteiger partial charge in [-0.05, 0) is 11.6 Å². The molecule has 0 spiro atoms. The fourth-order valence-corrected chi connectivity index (χ4v) is 2.10. The molecule has 0 radical (unpaired) electrons. The van der Waals surface area contributed by atoms with E-state index in [-0.39, 0.29) is 5.97 Å². The first-order chi connectivity index (χ1) is 8.72. The predicted molar refractivity (Wildman–Crippen MR) is 68.3 cm³/mol. The molecule has 1 fully saturated rings. The molecule has 0 amide bonds. The number of ether oxygens (including phenoxy) is 2. The van der Waals surface area contributed by atoms with Gasteiger partial charge in [-0.15, -0.1) is 0 Å². The number of nitrogens with zero attached hydrogens (tertiary/aromatic N) is 1. The highest BCUT2D eigenvalue weighted by atomic mass is 16.5. The third-order valence-corrected chi connectivity index (χ3v) is 3.07. The number of benzene rings is 1. The van der Waals surface area contributed by atoms with Crippen molar-refractivity contribution in [3.05, 3.63) is 29.3 Å². The maximum absolute atomic E-state index is 11.8. The minimum absolute atomic E-state index is 0.378. The number of rotatable bonds is 3. The lowest BCUT2D eigenvalue weighted by molar-refractivity contribution is 0.0338. The zero-order valence-corrected chi connectivity index (χ0v) is 10.5. The Labute approximate surface area is 106 Å². The van der Waals surface area contributed by atoms with Gasteiger partial charge >= 0.3 is 5.97 Å². The van der Waals surface area contributed by atoms with Crippen molar-refractivity contribution in [1.82, 2.24) is 4.90 Å². The molecule has 1 aliphatic rings. The number of nitrogens with two attached hydrogens (primary N) is 1. The summed E-state index contributed by atoms with van der Waals surface area (Å²) in [6, 6.07) is 5.49. The average molecular weight is 250 g/mol. The van der Waals surface area contributed by atoms with Crippen LogP contribution in [0, 0.1) is 0 Å². The lowest BCUT2D eigenvalue weighted by atomic mass is 10.0. The number of morpholine rings is 1. The van der Waals surface area contributed by atoms with Gasteiger partial charge in [0.1, 0.15) is 0 Å². The molecule has 1 saturated heterocycles. The lowest BCUT2D eigenvalue weighted by Crippen LogP contribution is -2.36. The summed E-state index contributed by atoms with van der Waals surface area (Å²) in [7, 11) is 1.37. The first-order valence-corrected chi connectivity index (χ1v) is 5.98. The Morgan fingerprint density at radius 2 is 2.17 bits per heavy atom. The molecule has 1 aliphatic heterocycles. The van der Waals surface area contributed by atoms with E-state index < -0.39 is 0 Å². The van der Waals surface area contributed by atoms with E-state index in [1.54, 1.807) is 6.07 Å². The van der Waals surface area contributed by atoms with Gasteiger partial charge in [0.25, 0.3) is 0 Å². The van der Waals surface area contributed by atoms with E-state index >= 15 is 0 Å². The van der Waals surface area contributed by atoms with Gasteiger partial charge in [-0.2, -0.15) is 0 Å². The summed E-state index contributed by atoms with van der Waals surface area (Å²) >= 11 is 0. The summed E-state index contributed by atoms with van der Waals surface area (Å²) in [5.74, 6) is -0.378. The maximum Gasteiger partial charge on any atom is 0.340 e. The van der Waals surface area contributed by atoms with Crippen molar-refractivity contribution in [2.24, 2.45) is 0 Å². The molecular formula is C13H18N2O3. The molecule has 1 heterocycles. The molecule has 1 aromatic rings. The van der Waals surface area contributed by atoms with Crippen molar-refractivity contribution in [3.8, 4) is 0 Å². The highest BCUT2D eigenvalue weighted by Crippen LogP contribution is 2.20. The normalized spacial score (nSPS) is 16.5. The topological polar surface area (TPSA) is 64.8 Å². The number of esters is 1. The lowest BCUT2D eigenvalue weighted by Gasteiger charge is -2.27. The molecule has 5 nitrogen and oxygen atoms in total. The number of methoxy groups -OCH3 is 1. The molecule has 2 N–H and O–H groups in total. The molecule has 0 atom stereocenters. The van der Waals surface area contributed by atoms with Gasteiger partial charge in [0, 0.05) is 25.3 Å². The number of hydrogen-bond acceptors (Lipinski definition) is 5. The van der Waals surface area contributed by atoms with Crippen LogP contribution in [0.1, 0.15) is 15.9 Å². The Balaban J connectivity index is 2.20. The van der Waals surface area contributed by atoms with E-state index in [0.29, 0.717) is 17.8 Å². The van der Waals surface area contributed by atoms with Crippen LogP contribution in [-0.2, 0) is 16.0 Å². The summed E-state index contributed by atoms with van der Waals surface area (Å²) < 4.78 is 10.1. The van der Waals surface area contributed by atoms with Crippen molar-refractivity contribution in [2.75, 3.05) is 39.1 Å². The monoisotopic (exact) mass is 250 g/mol. The number of nitrogen functional groups attached to an aromatic ring is 1. The number of anilines is 1. The van der Waals surface area contributed by atoms with Gasteiger partial charge in [-0.25, -0.2) is 4.79 Å². The van der Waals surface area contributed by atoms with Crippen molar-refractivity contribution < 1.29 is 14.3 Å². The summed E-state index contributed by atoms with van der Waals surface area (Å²) in [6.45, 7) is 3.90. The molecule has 0 unspecified atom stereocenters. The SMILES string of the molecule is COC(=O)c1c(N)cccc1CN1CCOCC1. The van der Waals surface area contributed by atoms with Crippen molar-refractivity contribution >= 4 is 11.7 Å². The molecule has 0 saturated carbocycles. The third kappa shape index (κ3) is 2.80. The second-order valence-electron chi connectivity index (χ2n) is 4.26. The molecule has 0 bridgehead atoms.